The SMILES string of the molecule is O=C1CCCc2c1ccn2CCCN1CCN(c2ncnc3ccsc23)CC1.O=C1CCCc2c1ccn2CCN1CCN(c2ncnc3ccsc23)CC1. The van der Waals surface area contributed by atoms with Crippen molar-refractivity contribution in [1.82, 2.24) is 38.9 Å². The molecular weight excluding hydrogens is 729 g/mol. The molecular formula is C41H48N10O2S2. The van der Waals surface area contributed by atoms with E-state index in [1.54, 1.807) is 35.3 Å². The standard InChI is InChI=1S/C21H25N5OS.C20H23N5OS/c27-19-4-1-3-18-16(19)5-9-25(18)8-2-7-24-10-12-26(13-11-24)21-20-17(6-14-28-20)22-15-23-21;26-18-3-1-2-17-15(18)4-6-24(17)10-7-23-8-11-25(12-9-23)20-19-16(5-13-27-19)21-14-22-20/h5-6,9,14-15H,1-4,7-8,10-13H2;4-6,13-14H,1-3,7-12H2. The molecule has 2 saturated heterocycles. The molecule has 286 valence electrons. The molecule has 2 aliphatic heterocycles. The molecule has 14 heteroatoms. The van der Waals surface area contributed by atoms with Gasteiger partial charge in [0.25, 0.3) is 0 Å². The molecule has 2 fully saturated rings. The number of carbonyl (C=O) groups excluding carboxylic acids is 2. The molecule has 8 heterocycles. The lowest BCUT2D eigenvalue weighted by molar-refractivity contribution is 0.0963. The van der Waals surface area contributed by atoms with Gasteiger partial charge in [-0.05, 0) is 73.7 Å². The van der Waals surface area contributed by atoms with Gasteiger partial charge in [-0.3, -0.25) is 19.4 Å². The summed E-state index contributed by atoms with van der Waals surface area (Å²) in [5.74, 6) is 2.80. The molecule has 0 unspecified atom stereocenters. The van der Waals surface area contributed by atoms with Crippen LogP contribution >= 0.6 is 22.7 Å². The van der Waals surface area contributed by atoms with Crippen molar-refractivity contribution in [2.45, 2.75) is 58.0 Å². The molecule has 4 aliphatic rings. The summed E-state index contributed by atoms with van der Waals surface area (Å²) in [5.41, 5.74) is 6.50. The fourth-order valence-corrected chi connectivity index (χ4v) is 10.4. The van der Waals surface area contributed by atoms with Gasteiger partial charge in [-0.15, -0.1) is 22.7 Å². The molecule has 0 bridgehead atoms. The first-order chi connectivity index (χ1) is 27.1. The monoisotopic (exact) mass is 776 g/mol. The van der Waals surface area contributed by atoms with E-state index in [-0.39, 0.29) is 0 Å². The zero-order chi connectivity index (χ0) is 37.1. The minimum absolute atomic E-state index is 0.313. The Labute approximate surface area is 329 Å². The number of carbonyl (C=O) groups is 2. The Morgan fingerprint density at radius 1 is 0.527 bits per heavy atom. The number of anilines is 2. The average molecular weight is 777 g/mol. The second-order valence-corrected chi connectivity index (χ2v) is 16.8. The van der Waals surface area contributed by atoms with E-state index in [9.17, 15) is 9.59 Å². The largest absolute Gasteiger partial charge is 0.353 e. The lowest BCUT2D eigenvalue weighted by Gasteiger charge is -2.35. The van der Waals surface area contributed by atoms with Gasteiger partial charge in [-0.25, -0.2) is 19.9 Å². The van der Waals surface area contributed by atoms with Gasteiger partial charge in [0.1, 0.15) is 24.3 Å². The lowest BCUT2D eigenvalue weighted by Crippen LogP contribution is -2.47. The molecule has 6 aromatic rings. The second-order valence-electron chi connectivity index (χ2n) is 15.0. The molecule has 2 aliphatic carbocycles. The maximum Gasteiger partial charge on any atom is 0.164 e. The highest BCUT2D eigenvalue weighted by Crippen LogP contribution is 2.30. The van der Waals surface area contributed by atoms with Crippen molar-refractivity contribution in [2.24, 2.45) is 0 Å². The van der Waals surface area contributed by atoms with Crippen molar-refractivity contribution < 1.29 is 9.59 Å². The topological polar surface area (TPSA) is 109 Å². The van der Waals surface area contributed by atoms with Gasteiger partial charge >= 0.3 is 0 Å². The first kappa shape index (κ1) is 36.2. The third kappa shape index (κ3) is 7.69. The van der Waals surface area contributed by atoms with E-state index >= 15 is 0 Å². The van der Waals surface area contributed by atoms with Crippen LogP contribution in [0.2, 0.25) is 0 Å². The number of rotatable bonds is 9. The predicted molar refractivity (Wildman–Crippen MR) is 220 cm³/mol. The minimum Gasteiger partial charge on any atom is -0.353 e. The van der Waals surface area contributed by atoms with E-state index in [0.29, 0.717) is 24.4 Å². The van der Waals surface area contributed by atoms with Crippen molar-refractivity contribution >= 4 is 66.3 Å². The van der Waals surface area contributed by atoms with Gasteiger partial charge in [-0.1, -0.05) is 0 Å². The molecule has 0 saturated carbocycles. The van der Waals surface area contributed by atoms with E-state index in [0.717, 1.165) is 144 Å². The van der Waals surface area contributed by atoms with E-state index in [4.69, 9.17) is 0 Å². The van der Waals surface area contributed by atoms with Gasteiger partial charge in [0, 0.05) is 120 Å². The normalized spacial score (nSPS) is 18.1. The van der Waals surface area contributed by atoms with Crippen LogP contribution in [-0.4, -0.2) is 116 Å². The van der Waals surface area contributed by atoms with Crippen LogP contribution in [0.1, 0.15) is 64.2 Å². The van der Waals surface area contributed by atoms with Crippen molar-refractivity contribution in [2.75, 3.05) is 75.2 Å². The van der Waals surface area contributed by atoms with Crippen molar-refractivity contribution in [1.29, 1.82) is 0 Å². The Bertz CT molecular complexity index is 2270. The van der Waals surface area contributed by atoms with Crippen LogP contribution in [0.4, 0.5) is 11.6 Å². The summed E-state index contributed by atoms with van der Waals surface area (Å²) in [7, 11) is 0. The van der Waals surface area contributed by atoms with Crippen LogP contribution in [0.25, 0.3) is 20.4 Å². The Hall–Kier alpha value is -4.50. The number of fused-ring (bicyclic) bond motifs is 4. The van der Waals surface area contributed by atoms with Crippen LogP contribution in [0.3, 0.4) is 0 Å². The third-order valence-electron chi connectivity index (χ3n) is 11.7. The first-order valence-electron chi connectivity index (χ1n) is 19.8. The van der Waals surface area contributed by atoms with Crippen LogP contribution in [0.15, 0.2) is 60.1 Å². The smallest absolute Gasteiger partial charge is 0.164 e. The quantitative estimate of drug-likeness (QED) is 0.172. The number of aromatic nitrogens is 6. The Morgan fingerprint density at radius 3 is 1.55 bits per heavy atom. The molecule has 55 heavy (non-hydrogen) atoms. The van der Waals surface area contributed by atoms with Crippen molar-refractivity contribution in [3.63, 3.8) is 0 Å². The summed E-state index contributed by atoms with van der Waals surface area (Å²) in [6.45, 7) is 12.3. The van der Waals surface area contributed by atoms with Crippen molar-refractivity contribution in [3.05, 3.63) is 82.6 Å². The summed E-state index contributed by atoms with van der Waals surface area (Å²) in [5, 5.41) is 4.17. The van der Waals surface area contributed by atoms with Gasteiger partial charge < -0.3 is 18.9 Å². The van der Waals surface area contributed by atoms with E-state index in [1.165, 1.54) is 20.8 Å². The molecule has 0 atom stereocenters. The number of Topliss-reactive ketones (excluding diaryl/α,β-unsaturated/α-hetero) is 2. The van der Waals surface area contributed by atoms with Gasteiger partial charge in [0.05, 0.1) is 20.4 Å². The number of ketones is 2. The molecule has 6 aromatic heterocycles. The van der Waals surface area contributed by atoms with Crippen LogP contribution in [-0.2, 0) is 25.9 Å². The second kappa shape index (κ2) is 16.3. The molecule has 0 aromatic carbocycles. The molecule has 0 N–H and O–H groups in total. The molecule has 12 nitrogen and oxygen atoms in total. The van der Waals surface area contributed by atoms with Crippen molar-refractivity contribution in [3.8, 4) is 0 Å². The maximum absolute atomic E-state index is 12.0. The zero-order valence-corrected chi connectivity index (χ0v) is 32.9. The first-order valence-corrected chi connectivity index (χ1v) is 21.6. The highest BCUT2D eigenvalue weighted by atomic mass is 32.1. The van der Waals surface area contributed by atoms with E-state index < -0.39 is 0 Å². The van der Waals surface area contributed by atoms with Gasteiger partial charge in [0.15, 0.2) is 11.6 Å². The average Bonchev–Trinajstić information content (AvgIpc) is 4.05. The number of nitrogens with zero attached hydrogens (tertiary/aromatic N) is 10. The number of aryl methyl sites for hydroxylation is 1. The number of piperazine rings is 2. The summed E-state index contributed by atoms with van der Waals surface area (Å²) < 4.78 is 6.98. The molecule has 10 rings (SSSR count). The van der Waals surface area contributed by atoms with Gasteiger partial charge in [-0.2, -0.15) is 0 Å². The predicted octanol–water partition coefficient (Wildman–Crippen LogP) is 6.06. The molecule has 0 amide bonds. The third-order valence-corrected chi connectivity index (χ3v) is 13.5. The Balaban J connectivity index is 0.000000144. The van der Waals surface area contributed by atoms with Gasteiger partial charge in [0.2, 0.25) is 0 Å². The maximum atomic E-state index is 12.0. The molecule has 0 radical (unpaired) electrons. The summed E-state index contributed by atoms with van der Waals surface area (Å²) in [6, 6.07) is 8.15. The highest BCUT2D eigenvalue weighted by molar-refractivity contribution is 7.18. The van der Waals surface area contributed by atoms with Crippen LogP contribution in [0.5, 0.6) is 0 Å². The van der Waals surface area contributed by atoms with E-state index in [1.807, 2.05) is 12.1 Å². The zero-order valence-electron chi connectivity index (χ0n) is 31.3. The van der Waals surface area contributed by atoms with Crippen LogP contribution in [0, 0.1) is 0 Å². The minimum atomic E-state index is 0.313. The van der Waals surface area contributed by atoms with Crippen LogP contribution < -0.4 is 9.80 Å². The lowest BCUT2D eigenvalue weighted by atomic mass is 9.97. The Kier molecular flexibility index (Phi) is 10.7. The highest BCUT2D eigenvalue weighted by Gasteiger charge is 2.24. The fraction of sp³-hybridized carbons (Fsp3) is 0.463. The molecule has 0 spiro atoms. The number of hydrogen-bond acceptors (Lipinski definition) is 12. The summed E-state index contributed by atoms with van der Waals surface area (Å²) in [6.07, 6.45) is 14.2. The fourth-order valence-electron chi connectivity index (χ4n) is 8.68. The van der Waals surface area contributed by atoms with E-state index in [2.05, 4.69) is 84.0 Å². The number of hydrogen-bond donors (Lipinski definition) is 0. The number of thiophene rings is 2. The Morgan fingerprint density at radius 2 is 1.02 bits per heavy atom. The summed E-state index contributed by atoms with van der Waals surface area (Å²) >= 11 is 3.44. The summed E-state index contributed by atoms with van der Waals surface area (Å²) in [4.78, 5) is 51.6.